The first-order valence-electron chi connectivity index (χ1n) is 9.36. The molecule has 0 spiro atoms. The summed E-state index contributed by atoms with van der Waals surface area (Å²) in [5, 5.41) is 8.22. The molecular formula is C19H25N5O4S. The second-order valence-electron chi connectivity index (χ2n) is 6.75. The Morgan fingerprint density at radius 2 is 1.69 bits per heavy atom. The molecule has 0 bridgehead atoms. The number of benzene rings is 1. The number of rotatable bonds is 6. The number of ether oxygens (including phenoxy) is 1. The lowest BCUT2D eigenvalue weighted by Crippen LogP contribution is -2.49. The Balaban J connectivity index is 1.61. The normalized spacial score (nSPS) is 14.9. The van der Waals surface area contributed by atoms with Crippen LogP contribution in [0.5, 0.6) is 5.88 Å². The van der Waals surface area contributed by atoms with Gasteiger partial charge in [-0.1, -0.05) is 0 Å². The van der Waals surface area contributed by atoms with Crippen molar-refractivity contribution >= 4 is 21.7 Å². The van der Waals surface area contributed by atoms with Crippen LogP contribution in [0.15, 0.2) is 41.3 Å². The van der Waals surface area contributed by atoms with Gasteiger partial charge in [-0.2, -0.15) is 0 Å². The molecule has 0 unspecified atom stereocenters. The van der Waals surface area contributed by atoms with Gasteiger partial charge in [-0.3, -0.25) is 4.79 Å². The molecule has 2 aromatic rings. The lowest BCUT2D eigenvalue weighted by atomic mass is 10.2. The molecule has 156 valence electrons. The predicted octanol–water partition coefficient (Wildman–Crippen LogP) is 1.09. The van der Waals surface area contributed by atoms with Crippen molar-refractivity contribution in [3.8, 4) is 5.88 Å². The van der Waals surface area contributed by atoms with E-state index in [2.05, 4.69) is 15.1 Å². The summed E-state index contributed by atoms with van der Waals surface area (Å²) in [4.78, 5) is 16.7. The Bertz CT molecular complexity index is 938. The van der Waals surface area contributed by atoms with E-state index < -0.39 is 10.0 Å². The van der Waals surface area contributed by atoms with Crippen LogP contribution in [0.2, 0.25) is 0 Å². The van der Waals surface area contributed by atoms with Gasteiger partial charge in [-0.15, -0.1) is 10.2 Å². The van der Waals surface area contributed by atoms with Crippen molar-refractivity contribution in [1.29, 1.82) is 0 Å². The zero-order valence-corrected chi connectivity index (χ0v) is 17.6. The maximum absolute atomic E-state index is 12.8. The predicted molar refractivity (Wildman–Crippen MR) is 109 cm³/mol. The maximum Gasteiger partial charge on any atom is 0.253 e. The highest BCUT2D eigenvalue weighted by atomic mass is 32.2. The van der Waals surface area contributed by atoms with Crippen LogP contribution in [0, 0.1) is 0 Å². The number of amides is 1. The number of carbonyl (C=O) groups is 1. The summed E-state index contributed by atoms with van der Waals surface area (Å²) in [6.07, 6.45) is 0. The second-order valence-corrected chi connectivity index (χ2v) is 8.91. The standard InChI is InChI=1S/C19H25N5O4S/c1-4-28-18-10-9-17(20-21-18)23-11-13-24(14-12-23)19(25)15-5-7-16(8-6-15)29(26,27)22(2)3/h5-10H,4,11-14H2,1-3H3. The molecule has 1 aromatic carbocycles. The number of sulfonamides is 1. The summed E-state index contributed by atoms with van der Waals surface area (Å²) in [5.41, 5.74) is 0.469. The number of aromatic nitrogens is 2. The SMILES string of the molecule is CCOc1ccc(N2CCN(C(=O)c3ccc(S(=O)(=O)N(C)C)cc3)CC2)nn1. The van der Waals surface area contributed by atoms with Crippen LogP contribution < -0.4 is 9.64 Å². The monoisotopic (exact) mass is 419 g/mol. The average molecular weight is 420 g/mol. The minimum Gasteiger partial charge on any atom is -0.477 e. The molecule has 1 saturated heterocycles. The molecule has 2 heterocycles. The highest BCUT2D eigenvalue weighted by molar-refractivity contribution is 7.89. The highest BCUT2D eigenvalue weighted by Crippen LogP contribution is 2.18. The largest absolute Gasteiger partial charge is 0.477 e. The third kappa shape index (κ3) is 4.65. The molecule has 29 heavy (non-hydrogen) atoms. The molecule has 0 radical (unpaired) electrons. The average Bonchev–Trinajstić information content (AvgIpc) is 2.74. The van der Waals surface area contributed by atoms with Gasteiger partial charge >= 0.3 is 0 Å². The summed E-state index contributed by atoms with van der Waals surface area (Å²) in [6.45, 7) is 4.80. The van der Waals surface area contributed by atoms with E-state index in [1.165, 1.54) is 26.2 Å². The van der Waals surface area contributed by atoms with Gasteiger partial charge in [0.2, 0.25) is 15.9 Å². The number of nitrogens with zero attached hydrogens (tertiary/aromatic N) is 5. The van der Waals surface area contributed by atoms with Crippen LogP contribution in [-0.2, 0) is 10.0 Å². The fourth-order valence-corrected chi connectivity index (χ4v) is 3.91. The van der Waals surface area contributed by atoms with Crippen molar-refractivity contribution in [2.45, 2.75) is 11.8 Å². The first-order chi connectivity index (χ1) is 13.8. The summed E-state index contributed by atoms with van der Waals surface area (Å²) in [5.74, 6) is 1.12. The van der Waals surface area contributed by atoms with Crippen molar-refractivity contribution in [3.05, 3.63) is 42.0 Å². The first kappa shape index (κ1) is 21.0. The Morgan fingerprint density at radius 3 is 2.21 bits per heavy atom. The Morgan fingerprint density at radius 1 is 1.03 bits per heavy atom. The van der Waals surface area contributed by atoms with Crippen molar-refractivity contribution < 1.29 is 17.9 Å². The maximum atomic E-state index is 12.8. The fourth-order valence-electron chi connectivity index (χ4n) is 3.01. The van der Waals surface area contributed by atoms with Gasteiger partial charge in [0.05, 0.1) is 11.5 Å². The van der Waals surface area contributed by atoms with Crippen LogP contribution in [0.25, 0.3) is 0 Å². The fraction of sp³-hybridized carbons (Fsp3) is 0.421. The van der Waals surface area contributed by atoms with Gasteiger partial charge < -0.3 is 14.5 Å². The van der Waals surface area contributed by atoms with Crippen molar-refractivity contribution in [3.63, 3.8) is 0 Å². The van der Waals surface area contributed by atoms with Crippen molar-refractivity contribution in [1.82, 2.24) is 19.4 Å². The van der Waals surface area contributed by atoms with Gasteiger partial charge in [-0.25, -0.2) is 12.7 Å². The second kappa shape index (κ2) is 8.75. The van der Waals surface area contributed by atoms with Crippen LogP contribution in [0.4, 0.5) is 5.82 Å². The van der Waals surface area contributed by atoms with E-state index in [0.29, 0.717) is 44.2 Å². The molecule has 0 N–H and O–H groups in total. The summed E-state index contributed by atoms with van der Waals surface area (Å²) in [6, 6.07) is 9.70. The van der Waals surface area contributed by atoms with Crippen LogP contribution in [-0.4, -0.2) is 80.6 Å². The quantitative estimate of drug-likeness (QED) is 0.691. The molecule has 1 fully saturated rings. The van der Waals surface area contributed by atoms with E-state index in [9.17, 15) is 13.2 Å². The lowest BCUT2D eigenvalue weighted by molar-refractivity contribution is 0.0746. The Kier molecular flexibility index (Phi) is 6.33. The van der Waals surface area contributed by atoms with E-state index in [0.717, 1.165) is 10.1 Å². The molecule has 10 heteroatoms. The van der Waals surface area contributed by atoms with E-state index in [1.54, 1.807) is 23.1 Å². The molecule has 1 aromatic heterocycles. The summed E-state index contributed by atoms with van der Waals surface area (Å²) >= 11 is 0. The van der Waals surface area contributed by atoms with Gasteiger partial charge in [0.1, 0.15) is 0 Å². The molecule has 1 aliphatic heterocycles. The smallest absolute Gasteiger partial charge is 0.253 e. The van der Waals surface area contributed by atoms with Crippen LogP contribution >= 0.6 is 0 Å². The topological polar surface area (TPSA) is 95.9 Å². The van der Waals surface area contributed by atoms with E-state index in [1.807, 2.05) is 13.0 Å². The van der Waals surface area contributed by atoms with Crippen molar-refractivity contribution in [2.75, 3.05) is 51.8 Å². The number of piperazine rings is 1. The highest BCUT2D eigenvalue weighted by Gasteiger charge is 2.24. The lowest BCUT2D eigenvalue weighted by Gasteiger charge is -2.35. The molecular weight excluding hydrogens is 394 g/mol. The molecule has 0 saturated carbocycles. The van der Waals surface area contributed by atoms with E-state index in [-0.39, 0.29) is 10.8 Å². The molecule has 1 aliphatic rings. The minimum absolute atomic E-state index is 0.115. The van der Waals surface area contributed by atoms with E-state index in [4.69, 9.17) is 4.74 Å². The number of hydrogen-bond acceptors (Lipinski definition) is 7. The number of hydrogen-bond donors (Lipinski definition) is 0. The zero-order chi connectivity index (χ0) is 21.0. The third-order valence-electron chi connectivity index (χ3n) is 4.69. The van der Waals surface area contributed by atoms with Gasteiger partial charge in [0.15, 0.2) is 5.82 Å². The summed E-state index contributed by atoms with van der Waals surface area (Å²) in [7, 11) is -0.559. The molecule has 0 aliphatic carbocycles. The zero-order valence-electron chi connectivity index (χ0n) is 16.8. The van der Waals surface area contributed by atoms with Gasteiger partial charge in [0.25, 0.3) is 5.91 Å². The molecule has 3 rings (SSSR count). The van der Waals surface area contributed by atoms with Crippen LogP contribution in [0.3, 0.4) is 0 Å². The Labute approximate surface area is 170 Å². The first-order valence-corrected chi connectivity index (χ1v) is 10.8. The van der Waals surface area contributed by atoms with Crippen LogP contribution in [0.1, 0.15) is 17.3 Å². The third-order valence-corrected chi connectivity index (χ3v) is 6.52. The minimum atomic E-state index is -3.51. The Hall–Kier alpha value is -2.72. The molecule has 0 atom stereocenters. The molecule has 9 nitrogen and oxygen atoms in total. The van der Waals surface area contributed by atoms with E-state index >= 15 is 0 Å². The number of carbonyl (C=O) groups excluding carboxylic acids is 1. The van der Waals surface area contributed by atoms with Gasteiger partial charge in [0, 0.05) is 51.9 Å². The number of anilines is 1. The van der Waals surface area contributed by atoms with Crippen molar-refractivity contribution in [2.24, 2.45) is 0 Å². The molecule has 1 amide bonds. The van der Waals surface area contributed by atoms with Gasteiger partial charge in [-0.05, 0) is 37.3 Å². The summed E-state index contributed by atoms with van der Waals surface area (Å²) < 4.78 is 30.7.